The fraction of sp³-hybridized carbons (Fsp3) is 0.333. The average Bonchev–Trinajstić information content (AvgIpc) is 3.00. The molecular formula is C15H16FN5O2. The summed E-state index contributed by atoms with van der Waals surface area (Å²) >= 11 is 0. The zero-order valence-electron chi connectivity index (χ0n) is 12.6. The Morgan fingerprint density at radius 3 is 2.70 bits per heavy atom. The molecule has 1 aliphatic rings. The molecule has 8 heteroatoms. The third kappa shape index (κ3) is 3.20. The topological polar surface area (TPSA) is 84.2 Å². The first-order valence-electron chi connectivity index (χ1n) is 7.35. The summed E-state index contributed by atoms with van der Waals surface area (Å²) in [6.07, 6.45) is 1.96. The summed E-state index contributed by atoms with van der Waals surface area (Å²) in [4.78, 5) is 21.2. The zero-order chi connectivity index (χ0) is 16.4. The fourth-order valence-electron chi connectivity index (χ4n) is 2.67. The van der Waals surface area contributed by atoms with Crippen molar-refractivity contribution in [3.63, 3.8) is 0 Å². The van der Waals surface area contributed by atoms with Gasteiger partial charge in [-0.25, -0.2) is 9.37 Å². The van der Waals surface area contributed by atoms with Gasteiger partial charge in [-0.1, -0.05) is 6.07 Å². The van der Waals surface area contributed by atoms with Crippen LogP contribution in [0, 0.1) is 22.9 Å². The van der Waals surface area contributed by atoms with Gasteiger partial charge in [-0.3, -0.25) is 10.1 Å². The lowest BCUT2D eigenvalue weighted by Gasteiger charge is -2.18. The molecule has 0 unspecified atom stereocenters. The molecule has 23 heavy (non-hydrogen) atoms. The Labute approximate surface area is 132 Å². The van der Waals surface area contributed by atoms with E-state index >= 15 is 0 Å². The van der Waals surface area contributed by atoms with E-state index in [1.807, 2.05) is 4.90 Å². The number of hydrogen-bond acceptors (Lipinski definition) is 6. The number of halogens is 1. The van der Waals surface area contributed by atoms with E-state index < -0.39 is 4.92 Å². The first-order valence-corrected chi connectivity index (χ1v) is 7.35. The van der Waals surface area contributed by atoms with E-state index in [2.05, 4.69) is 15.3 Å². The van der Waals surface area contributed by atoms with Gasteiger partial charge < -0.3 is 10.2 Å². The average molecular weight is 317 g/mol. The van der Waals surface area contributed by atoms with E-state index in [9.17, 15) is 14.5 Å². The van der Waals surface area contributed by atoms with Gasteiger partial charge in [-0.15, -0.1) is 0 Å². The molecule has 120 valence electrons. The summed E-state index contributed by atoms with van der Waals surface area (Å²) in [5.74, 6) is 0.160. The molecule has 2 heterocycles. The van der Waals surface area contributed by atoms with Gasteiger partial charge in [0.15, 0.2) is 0 Å². The maximum absolute atomic E-state index is 13.3. The lowest BCUT2D eigenvalue weighted by atomic mass is 10.3. The zero-order valence-corrected chi connectivity index (χ0v) is 12.6. The second-order valence-corrected chi connectivity index (χ2v) is 5.39. The number of anilines is 3. The quantitative estimate of drug-likeness (QED) is 0.688. The second-order valence-electron chi connectivity index (χ2n) is 5.39. The molecule has 0 saturated carbocycles. The minimum Gasteiger partial charge on any atom is -0.351 e. The van der Waals surface area contributed by atoms with Crippen molar-refractivity contribution >= 4 is 23.1 Å². The van der Waals surface area contributed by atoms with Crippen molar-refractivity contribution in [2.45, 2.75) is 19.8 Å². The lowest BCUT2D eigenvalue weighted by Crippen LogP contribution is -2.21. The summed E-state index contributed by atoms with van der Waals surface area (Å²) in [7, 11) is 0. The highest BCUT2D eigenvalue weighted by Crippen LogP contribution is 2.32. The Kier molecular flexibility index (Phi) is 4.05. The molecule has 3 rings (SSSR count). The fourth-order valence-corrected chi connectivity index (χ4v) is 2.67. The highest BCUT2D eigenvalue weighted by molar-refractivity contribution is 5.65. The van der Waals surface area contributed by atoms with Crippen molar-refractivity contribution in [2.24, 2.45) is 0 Å². The van der Waals surface area contributed by atoms with Gasteiger partial charge in [-0.05, 0) is 38.0 Å². The van der Waals surface area contributed by atoms with Gasteiger partial charge in [-0.2, -0.15) is 4.98 Å². The Morgan fingerprint density at radius 1 is 1.30 bits per heavy atom. The van der Waals surface area contributed by atoms with Crippen LogP contribution >= 0.6 is 0 Å². The van der Waals surface area contributed by atoms with E-state index in [1.54, 1.807) is 19.1 Å². The third-order valence-electron chi connectivity index (χ3n) is 3.71. The summed E-state index contributed by atoms with van der Waals surface area (Å²) in [6, 6.07) is 5.90. The van der Waals surface area contributed by atoms with Crippen molar-refractivity contribution in [3.8, 4) is 0 Å². The molecule has 0 aliphatic carbocycles. The Bertz CT molecular complexity index is 747. The molecule has 1 aromatic carbocycles. The molecule has 7 nitrogen and oxygen atoms in total. The van der Waals surface area contributed by atoms with Crippen molar-refractivity contribution in [1.29, 1.82) is 0 Å². The highest BCUT2D eigenvalue weighted by atomic mass is 19.1. The molecule has 1 aromatic heterocycles. The Balaban J connectivity index is 2.00. The smallest absolute Gasteiger partial charge is 0.332 e. The van der Waals surface area contributed by atoms with Crippen LogP contribution in [0.5, 0.6) is 0 Å². The van der Waals surface area contributed by atoms with Gasteiger partial charge in [0.1, 0.15) is 11.5 Å². The standard InChI is InChI=1S/C15H16FN5O2/c1-10-13(21(22)23)14(20-7-2-3-8-20)19-15(17-10)18-12-6-4-5-11(16)9-12/h4-6,9H,2-3,7-8H2,1H3,(H,17,18,19). The number of nitro groups is 1. The molecule has 1 saturated heterocycles. The molecule has 0 atom stereocenters. The normalized spacial score (nSPS) is 14.1. The largest absolute Gasteiger partial charge is 0.351 e. The molecule has 0 spiro atoms. The van der Waals surface area contributed by atoms with E-state index in [4.69, 9.17) is 0 Å². The van der Waals surface area contributed by atoms with E-state index in [1.165, 1.54) is 12.1 Å². The van der Waals surface area contributed by atoms with Gasteiger partial charge >= 0.3 is 5.69 Å². The number of nitrogens with one attached hydrogen (secondary N) is 1. The van der Waals surface area contributed by atoms with Crippen molar-refractivity contribution in [2.75, 3.05) is 23.3 Å². The number of aryl methyl sites for hydroxylation is 1. The second kappa shape index (κ2) is 6.15. The van der Waals surface area contributed by atoms with Crippen LogP contribution in [0.15, 0.2) is 24.3 Å². The van der Waals surface area contributed by atoms with Crippen LogP contribution in [0.1, 0.15) is 18.5 Å². The predicted molar refractivity (Wildman–Crippen MR) is 84.6 cm³/mol. The van der Waals surface area contributed by atoms with Crippen molar-refractivity contribution < 1.29 is 9.31 Å². The number of benzene rings is 1. The van der Waals surface area contributed by atoms with Crippen molar-refractivity contribution in [1.82, 2.24) is 9.97 Å². The number of rotatable bonds is 4. The lowest BCUT2D eigenvalue weighted by molar-refractivity contribution is -0.385. The van der Waals surface area contributed by atoms with Crippen LogP contribution in [0.3, 0.4) is 0 Å². The maximum atomic E-state index is 13.3. The van der Waals surface area contributed by atoms with Crippen molar-refractivity contribution in [3.05, 3.63) is 45.9 Å². The van der Waals surface area contributed by atoms with Crippen LogP contribution in [0.25, 0.3) is 0 Å². The first-order chi connectivity index (χ1) is 11.0. The minimum atomic E-state index is -0.449. The monoisotopic (exact) mass is 317 g/mol. The molecule has 0 amide bonds. The molecule has 1 N–H and O–H groups in total. The summed E-state index contributed by atoms with van der Waals surface area (Å²) < 4.78 is 13.3. The molecule has 0 bridgehead atoms. The molecule has 1 aliphatic heterocycles. The SMILES string of the molecule is Cc1nc(Nc2cccc(F)c2)nc(N2CCCC2)c1[N+](=O)[O-]. The Morgan fingerprint density at radius 2 is 2.04 bits per heavy atom. The third-order valence-corrected chi connectivity index (χ3v) is 3.71. The molecular weight excluding hydrogens is 301 g/mol. The Hall–Kier alpha value is -2.77. The van der Waals surface area contributed by atoms with Gasteiger partial charge in [0, 0.05) is 18.8 Å². The van der Waals surface area contributed by atoms with Crippen LogP contribution in [-0.4, -0.2) is 28.0 Å². The van der Waals surface area contributed by atoms with Crippen LogP contribution in [-0.2, 0) is 0 Å². The predicted octanol–water partition coefficient (Wildman–Crippen LogP) is 3.18. The number of nitrogens with zero attached hydrogens (tertiary/aromatic N) is 4. The van der Waals surface area contributed by atoms with Crippen LogP contribution in [0.4, 0.5) is 27.5 Å². The van der Waals surface area contributed by atoms with E-state index in [0.29, 0.717) is 11.5 Å². The molecule has 1 fully saturated rings. The highest BCUT2D eigenvalue weighted by Gasteiger charge is 2.28. The van der Waals surface area contributed by atoms with Crippen LogP contribution < -0.4 is 10.2 Å². The van der Waals surface area contributed by atoms with Gasteiger partial charge in [0.05, 0.1) is 4.92 Å². The van der Waals surface area contributed by atoms with E-state index in [-0.39, 0.29) is 23.1 Å². The van der Waals surface area contributed by atoms with Gasteiger partial charge in [0.25, 0.3) is 0 Å². The summed E-state index contributed by atoms with van der Waals surface area (Å²) in [6.45, 7) is 3.05. The summed E-state index contributed by atoms with van der Waals surface area (Å²) in [5.41, 5.74) is 0.702. The van der Waals surface area contributed by atoms with Crippen LogP contribution in [0.2, 0.25) is 0 Å². The number of hydrogen-bond donors (Lipinski definition) is 1. The maximum Gasteiger partial charge on any atom is 0.332 e. The number of aromatic nitrogens is 2. The first kappa shape index (κ1) is 15.1. The molecule has 0 radical (unpaired) electrons. The minimum absolute atomic E-state index is 0.0725. The van der Waals surface area contributed by atoms with Gasteiger partial charge in [0.2, 0.25) is 11.8 Å². The van der Waals surface area contributed by atoms with E-state index in [0.717, 1.165) is 25.9 Å². The molecule has 2 aromatic rings. The summed E-state index contributed by atoms with van der Waals surface area (Å²) in [5, 5.41) is 14.2.